The van der Waals surface area contributed by atoms with Gasteiger partial charge in [0.25, 0.3) is 10.0 Å². The summed E-state index contributed by atoms with van der Waals surface area (Å²) >= 11 is 4.34. The van der Waals surface area contributed by atoms with Crippen LogP contribution in [-0.2, 0) is 16.4 Å². The third kappa shape index (κ3) is 2.60. The van der Waals surface area contributed by atoms with Crippen LogP contribution >= 0.6 is 27.3 Å². The smallest absolute Gasteiger partial charge is 0.337 e. The largest absolute Gasteiger partial charge is 0.478 e. The third-order valence-corrected chi connectivity index (χ3v) is 7.30. The summed E-state index contributed by atoms with van der Waals surface area (Å²) in [6.07, 6.45) is 1.79. The Morgan fingerprint density at radius 3 is 2.61 bits per heavy atom. The Morgan fingerprint density at radius 2 is 2.04 bits per heavy atom. The van der Waals surface area contributed by atoms with Crippen molar-refractivity contribution >= 4 is 54.2 Å². The second kappa shape index (κ2) is 5.77. The van der Waals surface area contributed by atoms with Crippen LogP contribution in [0.5, 0.6) is 0 Å². The fraction of sp³-hybridized carbons (Fsp3) is 0.133. The number of hydrogen-bond donors (Lipinski definition) is 1. The fourth-order valence-corrected chi connectivity index (χ4v) is 6.01. The molecular weight excluding hydrogens is 402 g/mol. The number of carboxylic acid groups (broad SMARTS) is 1. The molecule has 0 atom stereocenters. The van der Waals surface area contributed by atoms with E-state index in [-0.39, 0.29) is 9.77 Å². The molecule has 0 amide bonds. The van der Waals surface area contributed by atoms with Crippen molar-refractivity contribution < 1.29 is 18.3 Å². The first kappa shape index (κ1) is 16.2. The van der Waals surface area contributed by atoms with Gasteiger partial charge < -0.3 is 5.11 Å². The van der Waals surface area contributed by atoms with Gasteiger partial charge in [-0.2, -0.15) is 8.42 Å². The van der Waals surface area contributed by atoms with E-state index in [2.05, 4.69) is 15.9 Å². The third-order valence-electron chi connectivity index (χ3n) is 3.55. The second-order valence-electron chi connectivity index (χ2n) is 4.87. The highest BCUT2D eigenvalue weighted by Gasteiger charge is 2.26. The molecule has 2 heterocycles. The van der Waals surface area contributed by atoms with Gasteiger partial charge in [0, 0.05) is 11.6 Å². The van der Waals surface area contributed by atoms with E-state index in [9.17, 15) is 18.3 Å². The van der Waals surface area contributed by atoms with Crippen molar-refractivity contribution in [1.29, 1.82) is 0 Å². The molecule has 8 heteroatoms. The molecule has 0 fully saturated rings. The van der Waals surface area contributed by atoms with Crippen molar-refractivity contribution in [3.63, 3.8) is 0 Å². The van der Waals surface area contributed by atoms with Gasteiger partial charge in [0.1, 0.15) is 4.21 Å². The van der Waals surface area contributed by atoms with Crippen molar-refractivity contribution in [2.24, 2.45) is 0 Å². The van der Waals surface area contributed by atoms with E-state index < -0.39 is 16.0 Å². The van der Waals surface area contributed by atoms with Crippen LogP contribution in [0.4, 0.5) is 0 Å². The normalized spacial score (nSPS) is 11.9. The van der Waals surface area contributed by atoms with Crippen molar-refractivity contribution in [2.45, 2.75) is 17.6 Å². The van der Waals surface area contributed by atoms with Gasteiger partial charge in [-0.25, -0.2) is 8.77 Å². The van der Waals surface area contributed by atoms with Crippen LogP contribution in [0.1, 0.15) is 22.8 Å². The minimum absolute atomic E-state index is 0.0190. The molecule has 23 heavy (non-hydrogen) atoms. The van der Waals surface area contributed by atoms with E-state index >= 15 is 0 Å². The van der Waals surface area contributed by atoms with E-state index in [0.717, 1.165) is 20.9 Å². The Hall–Kier alpha value is -1.64. The minimum atomic E-state index is -3.85. The number of benzene rings is 1. The Kier molecular flexibility index (Phi) is 4.07. The summed E-state index contributed by atoms with van der Waals surface area (Å²) in [6, 6.07) is 8.35. The molecule has 0 saturated heterocycles. The molecule has 0 bridgehead atoms. The number of carbonyl (C=O) groups is 1. The lowest BCUT2D eigenvalue weighted by Crippen LogP contribution is -2.11. The lowest BCUT2D eigenvalue weighted by molar-refractivity contribution is 0.0699. The van der Waals surface area contributed by atoms with E-state index in [1.807, 2.05) is 13.0 Å². The van der Waals surface area contributed by atoms with Crippen LogP contribution in [0.25, 0.3) is 10.9 Å². The van der Waals surface area contributed by atoms with Crippen LogP contribution < -0.4 is 0 Å². The molecule has 1 aromatic carbocycles. The maximum atomic E-state index is 12.9. The molecule has 3 rings (SSSR count). The lowest BCUT2D eigenvalue weighted by Gasteiger charge is -2.08. The van der Waals surface area contributed by atoms with Crippen molar-refractivity contribution in [1.82, 2.24) is 3.97 Å². The predicted molar refractivity (Wildman–Crippen MR) is 92.9 cm³/mol. The van der Waals surface area contributed by atoms with Crippen molar-refractivity contribution in [3.8, 4) is 0 Å². The molecule has 3 aromatic rings. The average Bonchev–Trinajstić information content (AvgIpc) is 3.11. The summed E-state index contributed by atoms with van der Waals surface area (Å²) in [5.74, 6) is -1.15. The topological polar surface area (TPSA) is 76.4 Å². The van der Waals surface area contributed by atoms with Crippen molar-refractivity contribution in [2.75, 3.05) is 0 Å². The van der Waals surface area contributed by atoms with Crippen LogP contribution in [0.2, 0.25) is 0 Å². The summed E-state index contributed by atoms with van der Waals surface area (Å²) in [6.45, 7) is 1.90. The Bertz CT molecular complexity index is 1020. The van der Waals surface area contributed by atoms with Crippen LogP contribution in [-0.4, -0.2) is 23.5 Å². The van der Waals surface area contributed by atoms with Gasteiger partial charge in [0.15, 0.2) is 0 Å². The minimum Gasteiger partial charge on any atom is -0.478 e. The molecule has 0 aliphatic rings. The number of fused-ring (bicyclic) bond motifs is 1. The molecule has 0 aliphatic carbocycles. The molecule has 1 N–H and O–H groups in total. The van der Waals surface area contributed by atoms with Gasteiger partial charge in [-0.05, 0) is 40.0 Å². The molecule has 0 spiro atoms. The number of halogens is 1. The van der Waals surface area contributed by atoms with Crippen LogP contribution in [0.3, 0.4) is 0 Å². The number of carboxylic acids is 1. The molecule has 0 aliphatic heterocycles. The molecule has 0 saturated carbocycles. The molecule has 5 nitrogen and oxygen atoms in total. The Morgan fingerprint density at radius 1 is 1.30 bits per heavy atom. The van der Waals surface area contributed by atoms with Crippen LogP contribution in [0, 0.1) is 0 Å². The fourth-order valence-electron chi connectivity index (χ4n) is 2.50. The van der Waals surface area contributed by atoms with Crippen LogP contribution in [0.15, 0.2) is 44.5 Å². The standard InChI is InChI=1S/C15H12BrNO4S2/c1-2-9-4-3-5-10-11(15(18)19)8-17(14(9)10)23(20,21)13-7-6-12(16)22-13/h3-8H,2H2,1H3,(H,18,19). The van der Waals surface area contributed by atoms with E-state index in [1.165, 1.54) is 12.3 Å². The number of hydrogen-bond acceptors (Lipinski definition) is 4. The molecular formula is C15H12BrNO4S2. The number of nitrogens with zero attached hydrogens (tertiary/aromatic N) is 1. The first-order valence-electron chi connectivity index (χ1n) is 6.73. The molecule has 0 unspecified atom stereocenters. The summed E-state index contributed by atoms with van der Waals surface area (Å²) in [4.78, 5) is 11.5. The monoisotopic (exact) mass is 413 g/mol. The maximum absolute atomic E-state index is 12.9. The number of rotatable bonds is 4. The summed E-state index contributed by atoms with van der Waals surface area (Å²) in [5, 5.41) is 9.81. The average molecular weight is 414 g/mol. The molecule has 2 aromatic heterocycles. The number of aryl methyl sites for hydroxylation is 1. The zero-order chi connectivity index (χ0) is 16.8. The first-order chi connectivity index (χ1) is 10.9. The maximum Gasteiger partial charge on any atom is 0.337 e. The van der Waals surface area contributed by atoms with E-state index in [1.54, 1.807) is 18.2 Å². The van der Waals surface area contributed by atoms with E-state index in [4.69, 9.17) is 0 Å². The number of para-hydroxylation sites is 1. The summed E-state index contributed by atoms with van der Waals surface area (Å²) in [5.41, 5.74) is 1.20. The van der Waals surface area contributed by atoms with Gasteiger partial charge in [-0.1, -0.05) is 25.1 Å². The number of aromatic carboxylic acids is 1. The molecule has 0 radical (unpaired) electrons. The Balaban J connectivity index is 2.40. The highest BCUT2D eigenvalue weighted by molar-refractivity contribution is 9.11. The highest BCUT2D eigenvalue weighted by Crippen LogP contribution is 2.32. The van der Waals surface area contributed by atoms with Gasteiger partial charge >= 0.3 is 5.97 Å². The quantitative estimate of drug-likeness (QED) is 0.701. The van der Waals surface area contributed by atoms with Gasteiger partial charge in [0.2, 0.25) is 0 Å². The van der Waals surface area contributed by atoms with Gasteiger partial charge in [-0.15, -0.1) is 11.3 Å². The summed E-state index contributed by atoms with van der Waals surface area (Å²) < 4.78 is 27.8. The van der Waals surface area contributed by atoms with Crippen molar-refractivity contribution in [3.05, 3.63) is 51.4 Å². The second-order valence-corrected chi connectivity index (χ2v) is 9.38. The number of thiophene rings is 1. The van der Waals surface area contributed by atoms with Gasteiger partial charge in [0.05, 0.1) is 14.9 Å². The van der Waals surface area contributed by atoms with Gasteiger partial charge in [-0.3, -0.25) is 0 Å². The predicted octanol–water partition coefficient (Wildman–Crippen LogP) is 3.96. The zero-order valence-electron chi connectivity index (χ0n) is 12.0. The summed E-state index contributed by atoms with van der Waals surface area (Å²) in [7, 11) is -3.85. The van der Waals surface area contributed by atoms with E-state index in [0.29, 0.717) is 21.1 Å². The zero-order valence-corrected chi connectivity index (χ0v) is 15.2. The molecule has 120 valence electrons. The first-order valence-corrected chi connectivity index (χ1v) is 9.78. The lowest BCUT2D eigenvalue weighted by atomic mass is 10.1. The Labute approximate surface area is 145 Å². The highest BCUT2D eigenvalue weighted by atomic mass is 79.9. The number of aromatic nitrogens is 1. The SMILES string of the molecule is CCc1cccc2c(C(=O)O)cn(S(=O)(=O)c3ccc(Br)s3)c12.